The molecule has 0 unspecified atom stereocenters. The minimum atomic E-state index is -0.686. The molecule has 0 aliphatic carbocycles. The van der Waals surface area contributed by atoms with Gasteiger partial charge in [0.15, 0.2) is 5.78 Å². The van der Waals surface area contributed by atoms with E-state index in [0.29, 0.717) is 10.6 Å². The lowest BCUT2D eigenvalue weighted by Gasteiger charge is -2.08. The number of furan rings is 1. The van der Waals surface area contributed by atoms with Gasteiger partial charge in [-0.25, -0.2) is 9.59 Å². The van der Waals surface area contributed by atoms with Crippen molar-refractivity contribution in [2.45, 2.75) is 6.61 Å². The molecule has 0 amide bonds. The van der Waals surface area contributed by atoms with E-state index >= 15 is 0 Å². The van der Waals surface area contributed by atoms with Gasteiger partial charge in [-0.2, -0.15) is 0 Å². The average molecular weight is 399 g/mol. The van der Waals surface area contributed by atoms with Crippen LogP contribution in [-0.2, 0) is 16.1 Å². The van der Waals surface area contributed by atoms with Crippen molar-refractivity contribution in [3.8, 4) is 0 Å². The lowest BCUT2D eigenvalue weighted by Crippen LogP contribution is -2.12. The summed E-state index contributed by atoms with van der Waals surface area (Å²) in [6.45, 7) is -0.195. The summed E-state index contributed by atoms with van der Waals surface area (Å²) in [7, 11) is 1.24. The van der Waals surface area contributed by atoms with Gasteiger partial charge in [0.25, 0.3) is 0 Å². The molecule has 7 heteroatoms. The lowest BCUT2D eigenvalue weighted by atomic mass is 9.98. The molecule has 3 rings (SSSR count). The monoisotopic (exact) mass is 398 g/mol. The summed E-state index contributed by atoms with van der Waals surface area (Å²) in [6.07, 6.45) is 0. The van der Waals surface area contributed by atoms with Gasteiger partial charge in [-0.3, -0.25) is 4.79 Å². The fraction of sp³-hybridized carbons (Fsp3) is 0.0952. The number of rotatable bonds is 6. The highest BCUT2D eigenvalue weighted by Gasteiger charge is 2.20. The van der Waals surface area contributed by atoms with Crippen LogP contribution in [0.1, 0.15) is 42.6 Å². The number of hydrogen-bond acceptors (Lipinski definition) is 6. The third-order valence-electron chi connectivity index (χ3n) is 3.89. The van der Waals surface area contributed by atoms with Crippen LogP contribution in [0.15, 0.2) is 65.1 Å². The van der Waals surface area contributed by atoms with Crippen molar-refractivity contribution in [3.05, 3.63) is 93.9 Å². The fourth-order valence-electron chi connectivity index (χ4n) is 2.50. The lowest BCUT2D eigenvalue weighted by molar-refractivity contribution is 0.0436. The molecule has 0 aliphatic heterocycles. The molecule has 6 nitrogen and oxygen atoms in total. The molecule has 0 spiro atoms. The van der Waals surface area contributed by atoms with Gasteiger partial charge >= 0.3 is 11.9 Å². The highest BCUT2D eigenvalue weighted by atomic mass is 35.5. The first-order valence-electron chi connectivity index (χ1n) is 8.23. The summed E-state index contributed by atoms with van der Waals surface area (Å²) in [5, 5.41) is 0.508. The Labute approximate surface area is 165 Å². The number of halogens is 1. The Morgan fingerprint density at radius 2 is 1.57 bits per heavy atom. The van der Waals surface area contributed by atoms with E-state index < -0.39 is 11.9 Å². The minimum absolute atomic E-state index is 0.00636. The molecule has 0 bridgehead atoms. The van der Waals surface area contributed by atoms with Crippen LogP contribution in [0.25, 0.3) is 0 Å². The summed E-state index contributed by atoms with van der Waals surface area (Å²) in [4.78, 5) is 36.6. The zero-order valence-electron chi connectivity index (χ0n) is 14.8. The van der Waals surface area contributed by atoms with E-state index in [-0.39, 0.29) is 35.0 Å². The molecular weight excluding hydrogens is 384 g/mol. The number of esters is 2. The van der Waals surface area contributed by atoms with Crippen LogP contribution in [0, 0.1) is 0 Å². The van der Waals surface area contributed by atoms with Gasteiger partial charge in [0.1, 0.15) is 12.4 Å². The highest BCUT2D eigenvalue weighted by Crippen LogP contribution is 2.19. The Balaban J connectivity index is 1.75. The molecule has 0 fully saturated rings. The van der Waals surface area contributed by atoms with Gasteiger partial charge in [-0.1, -0.05) is 29.8 Å². The molecule has 3 aromatic rings. The molecule has 0 N–H and O–H groups in total. The van der Waals surface area contributed by atoms with E-state index in [1.807, 2.05) is 0 Å². The maximum absolute atomic E-state index is 12.7. The van der Waals surface area contributed by atoms with E-state index in [4.69, 9.17) is 20.8 Å². The second-order valence-electron chi connectivity index (χ2n) is 5.72. The SMILES string of the molecule is COC(=O)c1ccc(COC(=O)c2ccccc2C(=O)c2ccc(Cl)cc2)o1. The number of ether oxygens (including phenoxy) is 2. The largest absolute Gasteiger partial charge is 0.463 e. The number of ketones is 1. The molecular formula is C21H15ClO6. The van der Waals surface area contributed by atoms with Crippen LogP contribution in [0.3, 0.4) is 0 Å². The first kappa shape index (κ1) is 19.4. The second-order valence-corrected chi connectivity index (χ2v) is 6.15. The third-order valence-corrected chi connectivity index (χ3v) is 4.14. The number of carbonyl (C=O) groups is 3. The van der Waals surface area contributed by atoms with Crippen LogP contribution < -0.4 is 0 Å². The summed E-state index contributed by atoms with van der Waals surface area (Å²) in [5.41, 5.74) is 0.741. The predicted molar refractivity (Wildman–Crippen MR) is 100 cm³/mol. The third kappa shape index (κ3) is 4.29. The summed E-state index contributed by atoms with van der Waals surface area (Å²) in [6, 6.07) is 15.7. The standard InChI is InChI=1S/C21H15ClO6/c1-26-21(25)18-11-10-15(28-18)12-27-20(24)17-5-3-2-4-16(17)19(23)13-6-8-14(22)9-7-13/h2-11H,12H2,1H3. The van der Waals surface area contributed by atoms with Gasteiger partial charge in [-0.15, -0.1) is 0 Å². The average Bonchev–Trinajstić information content (AvgIpc) is 3.20. The topological polar surface area (TPSA) is 82.8 Å². The Morgan fingerprint density at radius 1 is 0.893 bits per heavy atom. The summed E-state index contributed by atoms with van der Waals surface area (Å²) >= 11 is 5.85. The number of hydrogen-bond donors (Lipinski definition) is 0. The molecule has 0 atom stereocenters. The molecule has 1 aromatic heterocycles. The highest BCUT2D eigenvalue weighted by molar-refractivity contribution is 6.30. The Bertz CT molecular complexity index is 1020. The molecule has 142 valence electrons. The minimum Gasteiger partial charge on any atom is -0.463 e. The van der Waals surface area contributed by atoms with Gasteiger partial charge in [-0.05, 0) is 42.5 Å². The molecule has 28 heavy (non-hydrogen) atoms. The normalized spacial score (nSPS) is 10.4. The van der Waals surface area contributed by atoms with Crippen molar-refractivity contribution < 1.29 is 28.3 Å². The number of carbonyl (C=O) groups excluding carboxylic acids is 3. The van der Waals surface area contributed by atoms with Crippen molar-refractivity contribution in [3.63, 3.8) is 0 Å². The van der Waals surface area contributed by atoms with Gasteiger partial charge in [0.05, 0.1) is 12.7 Å². The molecule has 2 aromatic carbocycles. The van der Waals surface area contributed by atoms with E-state index in [9.17, 15) is 14.4 Å². The van der Waals surface area contributed by atoms with Gasteiger partial charge < -0.3 is 13.9 Å². The van der Waals surface area contributed by atoms with Gasteiger partial charge in [0.2, 0.25) is 5.76 Å². The smallest absolute Gasteiger partial charge is 0.373 e. The van der Waals surface area contributed by atoms with Crippen LogP contribution in [0.2, 0.25) is 5.02 Å². The van der Waals surface area contributed by atoms with Gasteiger partial charge in [0, 0.05) is 16.1 Å². The van der Waals surface area contributed by atoms with E-state index in [1.54, 1.807) is 42.5 Å². The fourth-order valence-corrected chi connectivity index (χ4v) is 2.62. The first-order chi connectivity index (χ1) is 13.5. The maximum atomic E-state index is 12.7. The maximum Gasteiger partial charge on any atom is 0.373 e. The summed E-state index contributed by atoms with van der Waals surface area (Å²) < 4.78 is 15.0. The first-order valence-corrected chi connectivity index (χ1v) is 8.61. The molecule has 0 radical (unpaired) electrons. The van der Waals surface area contributed by atoms with E-state index in [0.717, 1.165) is 0 Å². The molecule has 1 heterocycles. The van der Waals surface area contributed by atoms with Crippen LogP contribution in [0.5, 0.6) is 0 Å². The Kier molecular flexibility index (Phi) is 5.91. The van der Waals surface area contributed by atoms with Crippen LogP contribution in [0.4, 0.5) is 0 Å². The van der Waals surface area contributed by atoms with Crippen molar-refractivity contribution >= 4 is 29.3 Å². The van der Waals surface area contributed by atoms with Crippen molar-refractivity contribution in [1.82, 2.24) is 0 Å². The quantitative estimate of drug-likeness (QED) is 0.454. The summed E-state index contributed by atoms with van der Waals surface area (Å²) in [5.74, 6) is -1.36. The zero-order chi connectivity index (χ0) is 20.1. The van der Waals surface area contributed by atoms with Crippen molar-refractivity contribution in [1.29, 1.82) is 0 Å². The Hall–Kier alpha value is -3.38. The molecule has 0 aliphatic rings. The van der Waals surface area contributed by atoms with E-state index in [2.05, 4.69) is 4.74 Å². The Morgan fingerprint density at radius 3 is 2.25 bits per heavy atom. The van der Waals surface area contributed by atoms with Crippen molar-refractivity contribution in [2.24, 2.45) is 0 Å². The molecule has 0 saturated carbocycles. The molecule has 0 saturated heterocycles. The van der Waals surface area contributed by atoms with Crippen LogP contribution >= 0.6 is 11.6 Å². The number of benzene rings is 2. The van der Waals surface area contributed by atoms with Crippen molar-refractivity contribution in [2.75, 3.05) is 7.11 Å². The second kappa shape index (κ2) is 8.54. The zero-order valence-corrected chi connectivity index (χ0v) is 15.6. The number of methoxy groups -OCH3 is 1. The van der Waals surface area contributed by atoms with E-state index in [1.165, 1.54) is 25.3 Å². The van der Waals surface area contributed by atoms with Crippen LogP contribution in [-0.4, -0.2) is 24.8 Å². The predicted octanol–water partition coefficient (Wildman–Crippen LogP) is 4.31.